The maximum atomic E-state index is 12.4. The first-order valence-corrected chi connectivity index (χ1v) is 6.30. The van der Waals surface area contributed by atoms with E-state index in [0.717, 1.165) is 32.6 Å². The number of hydrogen-bond acceptors (Lipinski definition) is 3. The summed E-state index contributed by atoms with van der Waals surface area (Å²) < 4.78 is 0. The van der Waals surface area contributed by atoms with E-state index in [1.165, 1.54) is 0 Å². The Morgan fingerprint density at radius 2 is 2.06 bits per heavy atom. The number of carbonyl (C=O) groups excluding carboxylic acids is 1. The average molecular weight is 225 g/mol. The number of rotatable bonds is 1. The first-order valence-electron chi connectivity index (χ1n) is 6.30. The Morgan fingerprint density at radius 1 is 1.31 bits per heavy atom. The molecular formula is C12H23N3O. The largest absolute Gasteiger partial charge is 0.337 e. The van der Waals surface area contributed by atoms with E-state index >= 15 is 0 Å². The van der Waals surface area contributed by atoms with Crippen molar-refractivity contribution in [1.29, 1.82) is 0 Å². The van der Waals surface area contributed by atoms with Crippen LogP contribution in [0.2, 0.25) is 0 Å². The van der Waals surface area contributed by atoms with E-state index in [0.29, 0.717) is 18.0 Å². The van der Waals surface area contributed by atoms with Gasteiger partial charge in [-0.25, -0.2) is 0 Å². The Hall–Kier alpha value is -0.610. The minimum absolute atomic E-state index is 0.234. The van der Waals surface area contributed by atoms with Crippen molar-refractivity contribution in [3.05, 3.63) is 0 Å². The van der Waals surface area contributed by atoms with Gasteiger partial charge in [0.2, 0.25) is 5.91 Å². The average Bonchev–Trinajstić information content (AvgIpc) is 2.67. The molecule has 92 valence electrons. The molecular weight excluding hydrogens is 202 g/mol. The third-order valence-electron chi connectivity index (χ3n) is 3.79. The second kappa shape index (κ2) is 4.72. The molecule has 0 aromatic carbocycles. The molecule has 0 bridgehead atoms. The lowest BCUT2D eigenvalue weighted by Gasteiger charge is -2.38. The van der Waals surface area contributed by atoms with Crippen LogP contribution >= 0.6 is 0 Å². The molecule has 0 saturated carbocycles. The Morgan fingerprint density at radius 3 is 2.69 bits per heavy atom. The molecule has 16 heavy (non-hydrogen) atoms. The fourth-order valence-electron chi connectivity index (χ4n) is 2.70. The molecule has 0 aromatic heterocycles. The number of amides is 1. The van der Waals surface area contributed by atoms with E-state index in [2.05, 4.69) is 36.0 Å². The molecule has 1 N–H and O–H groups in total. The van der Waals surface area contributed by atoms with Gasteiger partial charge in [0.05, 0.1) is 5.92 Å². The van der Waals surface area contributed by atoms with Gasteiger partial charge in [-0.15, -0.1) is 0 Å². The smallest absolute Gasteiger partial charge is 0.227 e. The highest BCUT2D eigenvalue weighted by molar-refractivity contribution is 5.80. The molecule has 3 unspecified atom stereocenters. The van der Waals surface area contributed by atoms with Crippen LogP contribution in [0.1, 0.15) is 20.3 Å². The molecule has 1 amide bonds. The highest BCUT2D eigenvalue weighted by Gasteiger charge is 2.34. The molecule has 0 spiro atoms. The summed E-state index contributed by atoms with van der Waals surface area (Å²) in [5, 5.41) is 3.41. The zero-order valence-corrected chi connectivity index (χ0v) is 10.6. The van der Waals surface area contributed by atoms with E-state index in [9.17, 15) is 4.79 Å². The van der Waals surface area contributed by atoms with E-state index < -0.39 is 0 Å². The van der Waals surface area contributed by atoms with Gasteiger partial charge in [-0.2, -0.15) is 0 Å². The van der Waals surface area contributed by atoms with Crippen molar-refractivity contribution >= 4 is 5.91 Å². The van der Waals surface area contributed by atoms with Gasteiger partial charge in [-0.1, -0.05) is 0 Å². The Labute approximate surface area is 98.0 Å². The summed E-state index contributed by atoms with van der Waals surface area (Å²) in [6.07, 6.45) is 1.03. The molecule has 0 aromatic rings. The van der Waals surface area contributed by atoms with Crippen molar-refractivity contribution < 1.29 is 4.79 Å². The van der Waals surface area contributed by atoms with Crippen LogP contribution in [0.4, 0.5) is 0 Å². The third-order valence-corrected chi connectivity index (χ3v) is 3.79. The van der Waals surface area contributed by atoms with Gasteiger partial charge < -0.3 is 15.1 Å². The lowest BCUT2D eigenvalue weighted by Crippen LogP contribution is -2.57. The zero-order chi connectivity index (χ0) is 11.7. The van der Waals surface area contributed by atoms with Gasteiger partial charge in [0.1, 0.15) is 0 Å². The van der Waals surface area contributed by atoms with Crippen LogP contribution in [0, 0.1) is 5.92 Å². The molecule has 2 aliphatic heterocycles. The minimum atomic E-state index is 0.234. The van der Waals surface area contributed by atoms with Crippen molar-refractivity contribution in [3.63, 3.8) is 0 Å². The predicted molar refractivity (Wildman–Crippen MR) is 64.2 cm³/mol. The van der Waals surface area contributed by atoms with Gasteiger partial charge >= 0.3 is 0 Å². The highest BCUT2D eigenvalue weighted by atomic mass is 16.2. The Balaban J connectivity index is 1.97. The molecule has 2 fully saturated rings. The first kappa shape index (κ1) is 11.9. The Kier molecular flexibility index (Phi) is 3.50. The Bertz CT molecular complexity index is 269. The summed E-state index contributed by atoms with van der Waals surface area (Å²) in [5.41, 5.74) is 0. The molecule has 2 heterocycles. The van der Waals surface area contributed by atoms with Gasteiger partial charge in [-0.3, -0.25) is 4.79 Å². The molecule has 0 aliphatic carbocycles. The molecule has 2 aliphatic rings. The molecule has 4 heteroatoms. The number of piperazine rings is 1. The van der Waals surface area contributed by atoms with Crippen LogP contribution in [0.3, 0.4) is 0 Å². The summed E-state index contributed by atoms with van der Waals surface area (Å²) in [4.78, 5) is 16.7. The maximum absolute atomic E-state index is 12.4. The molecule has 3 atom stereocenters. The van der Waals surface area contributed by atoms with Gasteiger partial charge in [0, 0.05) is 31.7 Å². The van der Waals surface area contributed by atoms with Crippen LogP contribution < -0.4 is 5.32 Å². The topological polar surface area (TPSA) is 35.6 Å². The highest BCUT2D eigenvalue weighted by Crippen LogP contribution is 2.19. The van der Waals surface area contributed by atoms with Crippen LogP contribution in [-0.4, -0.2) is 61.0 Å². The second-order valence-electron chi connectivity index (χ2n) is 5.40. The number of likely N-dealkylation sites (tertiary alicyclic amines) is 1. The maximum Gasteiger partial charge on any atom is 0.227 e. The fourth-order valence-corrected chi connectivity index (χ4v) is 2.70. The molecule has 2 saturated heterocycles. The zero-order valence-electron chi connectivity index (χ0n) is 10.6. The van der Waals surface area contributed by atoms with Gasteiger partial charge in [0.15, 0.2) is 0 Å². The standard InChI is InChI=1S/C12H23N3O/c1-9-7-15(10(2)6-13-9)12(16)11-4-5-14(3)8-11/h9-11,13H,4-8H2,1-3H3. The molecule has 0 radical (unpaired) electrons. The van der Waals surface area contributed by atoms with Crippen LogP contribution in [-0.2, 0) is 4.79 Å². The van der Waals surface area contributed by atoms with Crippen LogP contribution in [0.5, 0.6) is 0 Å². The monoisotopic (exact) mass is 225 g/mol. The quantitative estimate of drug-likeness (QED) is 0.690. The van der Waals surface area contributed by atoms with Crippen LogP contribution in [0.15, 0.2) is 0 Å². The van der Waals surface area contributed by atoms with Crippen molar-refractivity contribution in [1.82, 2.24) is 15.1 Å². The summed E-state index contributed by atoms with van der Waals surface area (Å²) in [7, 11) is 2.09. The van der Waals surface area contributed by atoms with Gasteiger partial charge in [-0.05, 0) is 33.9 Å². The summed E-state index contributed by atoms with van der Waals surface area (Å²) in [5.74, 6) is 0.600. The van der Waals surface area contributed by atoms with Crippen molar-refractivity contribution in [2.45, 2.75) is 32.4 Å². The van der Waals surface area contributed by atoms with E-state index in [-0.39, 0.29) is 5.92 Å². The van der Waals surface area contributed by atoms with Gasteiger partial charge in [0.25, 0.3) is 0 Å². The second-order valence-corrected chi connectivity index (χ2v) is 5.40. The number of carbonyl (C=O) groups is 1. The van der Waals surface area contributed by atoms with Crippen molar-refractivity contribution in [2.24, 2.45) is 5.92 Å². The van der Waals surface area contributed by atoms with Crippen LogP contribution in [0.25, 0.3) is 0 Å². The SMILES string of the molecule is CC1CN(C(=O)C2CCN(C)C2)C(C)CN1. The van der Waals surface area contributed by atoms with Crippen molar-refractivity contribution in [2.75, 3.05) is 33.2 Å². The normalized spacial score (nSPS) is 36.7. The number of nitrogens with zero attached hydrogens (tertiary/aromatic N) is 2. The summed E-state index contributed by atoms with van der Waals surface area (Å²) in [6, 6.07) is 0.772. The third kappa shape index (κ3) is 2.38. The van der Waals surface area contributed by atoms with E-state index in [1.54, 1.807) is 0 Å². The summed E-state index contributed by atoms with van der Waals surface area (Å²) in [6.45, 7) is 8.06. The van der Waals surface area contributed by atoms with Crippen molar-refractivity contribution in [3.8, 4) is 0 Å². The number of hydrogen-bond donors (Lipinski definition) is 1. The van der Waals surface area contributed by atoms with E-state index in [1.807, 2.05) is 0 Å². The predicted octanol–water partition coefficient (Wildman–Crippen LogP) is 0.147. The lowest BCUT2D eigenvalue weighted by molar-refractivity contribution is -0.138. The summed E-state index contributed by atoms with van der Waals surface area (Å²) >= 11 is 0. The molecule has 4 nitrogen and oxygen atoms in total. The van der Waals surface area contributed by atoms with E-state index in [4.69, 9.17) is 0 Å². The molecule has 2 rings (SSSR count). The lowest BCUT2D eigenvalue weighted by atomic mass is 10.0. The minimum Gasteiger partial charge on any atom is -0.337 e. The first-order chi connectivity index (χ1) is 7.58. The fraction of sp³-hybridized carbons (Fsp3) is 0.917. The number of nitrogens with one attached hydrogen (secondary N) is 1.